The number of fused-ring (bicyclic) bond motifs is 9. The van der Waals surface area contributed by atoms with Gasteiger partial charge in [-0.3, -0.25) is 9.97 Å². The van der Waals surface area contributed by atoms with E-state index in [4.69, 9.17) is 9.97 Å². The zero-order chi connectivity index (χ0) is 36.3. The molecule has 2 heterocycles. The molecule has 3 heteroatoms. The molecule has 0 N–H and O–H groups in total. The van der Waals surface area contributed by atoms with Crippen molar-refractivity contribution in [2.24, 2.45) is 0 Å². The maximum atomic E-state index is 4.79. The van der Waals surface area contributed by atoms with Crippen molar-refractivity contribution in [2.75, 3.05) is 0 Å². The lowest BCUT2D eigenvalue weighted by Crippen LogP contribution is -1.93. The van der Waals surface area contributed by atoms with Crippen LogP contribution in [0.1, 0.15) is 0 Å². The molecule has 0 aliphatic carbocycles. The summed E-state index contributed by atoms with van der Waals surface area (Å²) in [6.45, 7) is 0. The normalized spacial score (nSPS) is 11.6. The van der Waals surface area contributed by atoms with Gasteiger partial charge in [-0.15, -0.1) is 0 Å². The maximum absolute atomic E-state index is 4.79. The van der Waals surface area contributed by atoms with Crippen LogP contribution in [0.25, 0.3) is 105 Å². The monoisotopic (exact) mass is 699 g/mol. The first-order valence-electron chi connectivity index (χ1n) is 18.7. The van der Waals surface area contributed by atoms with E-state index in [1.807, 2.05) is 0 Å². The van der Waals surface area contributed by atoms with E-state index in [2.05, 4.69) is 193 Å². The first kappa shape index (κ1) is 31.2. The molecule has 0 bridgehead atoms. The zero-order valence-electron chi connectivity index (χ0n) is 29.9. The van der Waals surface area contributed by atoms with E-state index in [1.165, 1.54) is 77.2 Å². The Balaban J connectivity index is 0.929. The Kier molecular flexibility index (Phi) is 7.17. The summed E-state index contributed by atoms with van der Waals surface area (Å²) in [6.07, 6.45) is 3.57. The summed E-state index contributed by atoms with van der Waals surface area (Å²) in [7, 11) is 0. The van der Waals surface area contributed by atoms with E-state index in [0.29, 0.717) is 0 Å². The van der Waals surface area contributed by atoms with E-state index in [0.717, 1.165) is 27.4 Å². The number of benzene rings is 9. The maximum Gasteiger partial charge on any atom is 0.0971 e. The quantitative estimate of drug-likeness (QED) is 0.167. The van der Waals surface area contributed by atoms with Crippen molar-refractivity contribution < 1.29 is 0 Å². The second-order valence-corrected chi connectivity index (χ2v) is 14.2. The molecule has 55 heavy (non-hydrogen) atoms. The van der Waals surface area contributed by atoms with Gasteiger partial charge < -0.3 is 4.57 Å². The van der Waals surface area contributed by atoms with Gasteiger partial charge in [0.25, 0.3) is 0 Å². The molecular weight excluding hydrogens is 667 g/mol. The Morgan fingerprint density at radius 2 is 0.727 bits per heavy atom. The van der Waals surface area contributed by atoms with Crippen molar-refractivity contribution in [3.63, 3.8) is 0 Å². The lowest BCUT2D eigenvalue weighted by molar-refractivity contribution is 1.18. The fourth-order valence-electron chi connectivity index (χ4n) is 8.43. The summed E-state index contributed by atoms with van der Waals surface area (Å²) < 4.78 is 2.38. The molecule has 0 amide bonds. The molecule has 11 aromatic rings. The van der Waals surface area contributed by atoms with Crippen LogP contribution in [0.4, 0.5) is 0 Å². The highest BCUT2D eigenvalue weighted by Crippen LogP contribution is 2.38. The second kappa shape index (κ2) is 12.6. The highest BCUT2D eigenvalue weighted by atomic mass is 15.0. The summed E-state index contributed by atoms with van der Waals surface area (Å²) in [6, 6.07) is 68.1. The van der Waals surface area contributed by atoms with Crippen molar-refractivity contribution in [2.45, 2.75) is 0 Å². The Morgan fingerprint density at radius 1 is 0.273 bits per heavy atom. The minimum atomic E-state index is 0.934. The number of rotatable bonds is 5. The SMILES string of the molecule is c1ccc(-n2c3ccccc3c3ccc(-c4ccc(-c5cccc(-c6cccc(-c7ccc8c9ccccc9c9nccnc9c8c7)c6)c5)cc4)cc32)cc1. The number of hydrogen-bond donors (Lipinski definition) is 0. The van der Waals surface area contributed by atoms with Crippen LogP contribution in [0.2, 0.25) is 0 Å². The van der Waals surface area contributed by atoms with Gasteiger partial charge in [0.05, 0.1) is 22.1 Å². The second-order valence-electron chi connectivity index (χ2n) is 14.2. The lowest BCUT2D eigenvalue weighted by Gasteiger charge is -2.12. The molecule has 11 rings (SSSR count). The fraction of sp³-hybridized carbons (Fsp3) is 0. The number of hydrogen-bond acceptors (Lipinski definition) is 2. The molecule has 9 aromatic carbocycles. The fourth-order valence-corrected chi connectivity index (χ4v) is 8.43. The van der Waals surface area contributed by atoms with Crippen LogP contribution < -0.4 is 0 Å². The van der Waals surface area contributed by atoms with Crippen LogP contribution in [0, 0.1) is 0 Å². The zero-order valence-corrected chi connectivity index (χ0v) is 29.9. The number of nitrogens with zero attached hydrogens (tertiary/aromatic N) is 3. The highest BCUT2D eigenvalue weighted by Gasteiger charge is 2.14. The summed E-state index contributed by atoms with van der Waals surface area (Å²) >= 11 is 0. The number of aromatic nitrogens is 3. The summed E-state index contributed by atoms with van der Waals surface area (Å²) in [5, 5.41) is 7.17. The molecule has 2 aromatic heterocycles. The first-order valence-corrected chi connectivity index (χ1v) is 18.7. The molecule has 0 fully saturated rings. The van der Waals surface area contributed by atoms with E-state index in [1.54, 1.807) is 12.4 Å². The van der Waals surface area contributed by atoms with E-state index in [9.17, 15) is 0 Å². The van der Waals surface area contributed by atoms with E-state index < -0.39 is 0 Å². The van der Waals surface area contributed by atoms with Crippen LogP contribution in [0.3, 0.4) is 0 Å². The first-order chi connectivity index (χ1) is 27.3. The van der Waals surface area contributed by atoms with Gasteiger partial charge in [-0.2, -0.15) is 0 Å². The third-order valence-electron chi connectivity index (χ3n) is 11.1. The molecule has 0 radical (unpaired) electrons. The third-order valence-corrected chi connectivity index (χ3v) is 11.1. The Morgan fingerprint density at radius 3 is 1.40 bits per heavy atom. The number of para-hydroxylation sites is 2. The van der Waals surface area contributed by atoms with Gasteiger partial charge >= 0.3 is 0 Å². The van der Waals surface area contributed by atoms with Crippen molar-refractivity contribution in [1.29, 1.82) is 0 Å². The Labute approximate surface area is 318 Å². The minimum absolute atomic E-state index is 0.934. The van der Waals surface area contributed by atoms with Crippen LogP contribution >= 0.6 is 0 Å². The average molecular weight is 700 g/mol. The van der Waals surface area contributed by atoms with Crippen molar-refractivity contribution in [1.82, 2.24) is 14.5 Å². The summed E-state index contributed by atoms with van der Waals surface area (Å²) in [5.41, 5.74) is 14.9. The minimum Gasteiger partial charge on any atom is -0.309 e. The molecule has 0 unspecified atom stereocenters. The van der Waals surface area contributed by atoms with Crippen molar-refractivity contribution >= 4 is 54.4 Å². The van der Waals surface area contributed by atoms with Gasteiger partial charge in [0.2, 0.25) is 0 Å². The molecule has 0 aliphatic heterocycles. The van der Waals surface area contributed by atoms with Crippen LogP contribution in [0.15, 0.2) is 200 Å². The largest absolute Gasteiger partial charge is 0.309 e. The van der Waals surface area contributed by atoms with Crippen LogP contribution in [0.5, 0.6) is 0 Å². The molecule has 0 atom stereocenters. The molecule has 256 valence electrons. The predicted octanol–water partition coefficient (Wildman–Crippen LogP) is 13.7. The highest BCUT2D eigenvalue weighted by molar-refractivity contribution is 6.23. The third kappa shape index (κ3) is 5.20. The summed E-state index contributed by atoms with van der Waals surface area (Å²) in [4.78, 5) is 9.53. The molecule has 0 saturated heterocycles. The molecule has 3 nitrogen and oxygen atoms in total. The van der Waals surface area contributed by atoms with Gasteiger partial charge in [0.15, 0.2) is 0 Å². The molecule has 0 aliphatic rings. The topological polar surface area (TPSA) is 30.7 Å². The predicted molar refractivity (Wildman–Crippen MR) is 231 cm³/mol. The van der Waals surface area contributed by atoms with Crippen LogP contribution in [-0.4, -0.2) is 14.5 Å². The van der Waals surface area contributed by atoms with Gasteiger partial charge in [0.1, 0.15) is 0 Å². The van der Waals surface area contributed by atoms with E-state index >= 15 is 0 Å². The Hall–Kier alpha value is -7.36. The molecular formula is C52H33N3. The average Bonchev–Trinajstić information content (AvgIpc) is 3.60. The standard InChI is InChI=1S/C52H33N3/c1-2-14-42(15-3-1)55-49-19-7-6-17-45(49)46-27-25-41(33-50(46)55)35-22-20-34(21-23-35)36-10-8-11-37(30-36)38-12-9-13-39(31-38)40-24-26-44-43-16-4-5-18-47(43)51-52(48(44)32-40)54-29-28-53-51/h1-33H. The van der Waals surface area contributed by atoms with Crippen molar-refractivity contribution in [3.8, 4) is 50.2 Å². The smallest absolute Gasteiger partial charge is 0.0971 e. The van der Waals surface area contributed by atoms with Crippen molar-refractivity contribution in [3.05, 3.63) is 200 Å². The van der Waals surface area contributed by atoms with Gasteiger partial charge in [-0.25, -0.2) is 0 Å². The summed E-state index contributed by atoms with van der Waals surface area (Å²) in [5.74, 6) is 0. The van der Waals surface area contributed by atoms with Crippen LogP contribution in [-0.2, 0) is 0 Å². The molecule has 0 spiro atoms. The lowest BCUT2D eigenvalue weighted by atomic mass is 9.93. The van der Waals surface area contributed by atoms with Gasteiger partial charge in [-0.05, 0) is 97.7 Å². The van der Waals surface area contributed by atoms with E-state index in [-0.39, 0.29) is 0 Å². The van der Waals surface area contributed by atoms with Gasteiger partial charge in [-0.1, -0.05) is 146 Å². The Bertz CT molecular complexity index is 3210. The van der Waals surface area contributed by atoms with Gasteiger partial charge in [0, 0.05) is 39.6 Å². The molecule has 0 saturated carbocycles.